The van der Waals surface area contributed by atoms with Crippen LogP contribution in [-0.4, -0.2) is 16.1 Å². The molecule has 0 aliphatic rings. The molecular formula is C19H16F3NO2. The number of carbonyl (C=O) groups is 1. The van der Waals surface area contributed by atoms with Crippen molar-refractivity contribution >= 4 is 16.9 Å². The van der Waals surface area contributed by atoms with Crippen molar-refractivity contribution in [3.05, 3.63) is 58.7 Å². The first-order valence-electron chi connectivity index (χ1n) is 7.69. The molecule has 0 bridgehead atoms. The number of halogens is 3. The van der Waals surface area contributed by atoms with Gasteiger partial charge >= 0.3 is 12.1 Å². The maximum Gasteiger partial charge on any atom is 0.417 e. The average molecular weight is 347 g/mol. The number of fused-ring (bicyclic) bond motifs is 1. The zero-order chi connectivity index (χ0) is 18.4. The zero-order valence-corrected chi connectivity index (χ0v) is 13.7. The third-order valence-corrected chi connectivity index (χ3v) is 4.31. The Bertz CT molecular complexity index is 971. The Morgan fingerprint density at radius 1 is 1.08 bits per heavy atom. The van der Waals surface area contributed by atoms with E-state index in [0.717, 1.165) is 17.2 Å². The standard InChI is InChI=1S/C19H16F3NO2/c1-10-7-8-11(2)17-16(10)13(9-15(24)25)18(23-17)12-5-3-4-6-14(12)19(20,21)22/h3-8,23H,9H2,1-2H3,(H,24,25). The number of nitrogens with one attached hydrogen (secondary N) is 1. The molecule has 1 aromatic heterocycles. The molecule has 3 nitrogen and oxygen atoms in total. The summed E-state index contributed by atoms with van der Waals surface area (Å²) in [6.45, 7) is 3.66. The molecular weight excluding hydrogens is 331 g/mol. The van der Waals surface area contributed by atoms with E-state index in [1.165, 1.54) is 18.2 Å². The molecule has 0 aliphatic heterocycles. The van der Waals surface area contributed by atoms with Gasteiger partial charge in [-0.1, -0.05) is 30.3 Å². The van der Waals surface area contributed by atoms with Crippen LogP contribution in [0, 0.1) is 13.8 Å². The molecule has 0 fully saturated rings. The summed E-state index contributed by atoms with van der Waals surface area (Å²) in [6, 6.07) is 8.91. The Hall–Kier alpha value is -2.76. The summed E-state index contributed by atoms with van der Waals surface area (Å²) >= 11 is 0. The first-order chi connectivity index (χ1) is 11.7. The summed E-state index contributed by atoms with van der Waals surface area (Å²) in [6.07, 6.45) is -4.88. The van der Waals surface area contributed by atoms with Gasteiger partial charge in [0, 0.05) is 16.5 Å². The lowest BCUT2D eigenvalue weighted by Gasteiger charge is -2.13. The van der Waals surface area contributed by atoms with Gasteiger partial charge in [-0.05, 0) is 36.6 Å². The quantitative estimate of drug-likeness (QED) is 0.693. The van der Waals surface area contributed by atoms with Crippen molar-refractivity contribution in [3.63, 3.8) is 0 Å². The molecule has 2 N–H and O–H groups in total. The van der Waals surface area contributed by atoms with Crippen molar-refractivity contribution in [2.45, 2.75) is 26.4 Å². The number of rotatable bonds is 3. The Morgan fingerprint density at radius 3 is 2.36 bits per heavy atom. The average Bonchev–Trinajstić information content (AvgIpc) is 2.90. The lowest BCUT2D eigenvalue weighted by atomic mass is 9.96. The minimum Gasteiger partial charge on any atom is -0.481 e. The monoisotopic (exact) mass is 347 g/mol. The molecule has 0 amide bonds. The molecule has 0 aliphatic carbocycles. The van der Waals surface area contributed by atoms with Gasteiger partial charge in [0.1, 0.15) is 0 Å². The van der Waals surface area contributed by atoms with Gasteiger partial charge in [-0.15, -0.1) is 0 Å². The van der Waals surface area contributed by atoms with Gasteiger partial charge < -0.3 is 10.1 Å². The number of H-pyrrole nitrogens is 1. The topological polar surface area (TPSA) is 53.1 Å². The van der Waals surface area contributed by atoms with Crippen molar-refractivity contribution in [2.75, 3.05) is 0 Å². The lowest BCUT2D eigenvalue weighted by Crippen LogP contribution is -2.08. The Labute approximate surface area is 142 Å². The number of benzene rings is 2. The fraction of sp³-hybridized carbons (Fsp3) is 0.211. The Morgan fingerprint density at radius 2 is 1.72 bits per heavy atom. The number of carboxylic acids is 1. The summed E-state index contributed by atoms with van der Waals surface area (Å²) in [7, 11) is 0. The van der Waals surface area contributed by atoms with Crippen LogP contribution >= 0.6 is 0 Å². The van der Waals surface area contributed by atoms with Crippen LogP contribution in [0.5, 0.6) is 0 Å². The third kappa shape index (κ3) is 2.99. The lowest BCUT2D eigenvalue weighted by molar-refractivity contribution is -0.137. The van der Waals surface area contributed by atoms with Gasteiger partial charge in [-0.3, -0.25) is 4.79 Å². The van der Waals surface area contributed by atoms with E-state index in [1.54, 1.807) is 0 Å². The summed E-state index contributed by atoms with van der Waals surface area (Å²) in [4.78, 5) is 14.4. The van der Waals surface area contributed by atoms with Gasteiger partial charge in [-0.2, -0.15) is 13.2 Å². The highest BCUT2D eigenvalue weighted by Crippen LogP contribution is 2.40. The molecule has 25 heavy (non-hydrogen) atoms. The molecule has 3 aromatic rings. The van der Waals surface area contributed by atoms with Crippen molar-refractivity contribution < 1.29 is 23.1 Å². The number of hydrogen-bond donors (Lipinski definition) is 2. The highest BCUT2D eigenvalue weighted by Gasteiger charge is 2.34. The maximum atomic E-state index is 13.4. The smallest absolute Gasteiger partial charge is 0.417 e. The van der Waals surface area contributed by atoms with Crippen LogP contribution in [0.2, 0.25) is 0 Å². The number of hydrogen-bond acceptors (Lipinski definition) is 1. The molecule has 0 saturated carbocycles. The predicted octanol–water partition coefficient (Wildman–Crippen LogP) is 5.10. The first-order valence-corrected chi connectivity index (χ1v) is 7.69. The van der Waals surface area contributed by atoms with Crippen LogP contribution in [0.15, 0.2) is 36.4 Å². The van der Waals surface area contributed by atoms with Crippen molar-refractivity contribution in [2.24, 2.45) is 0 Å². The predicted molar refractivity (Wildman–Crippen MR) is 89.6 cm³/mol. The SMILES string of the molecule is Cc1ccc(C)c2c(CC(=O)O)c(-c3ccccc3C(F)(F)F)[nH]c12. The normalized spacial score (nSPS) is 11.9. The molecule has 1 heterocycles. The molecule has 0 spiro atoms. The molecule has 0 saturated heterocycles. The van der Waals surface area contributed by atoms with E-state index < -0.39 is 17.7 Å². The molecule has 2 aromatic carbocycles. The van der Waals surface area contributed by atoms with Crippen LogP contribution in [0.4, 0.5) is 13.2 Å². The summed E-state index contributed by atoms with van der Waals surface area (Å²) in [5.74, 6) is -1.09. The number of alkyl halides is 3. The molecule has 6 heteroatoms. The van der Waals surface area contributed by atoms with E-state index in [4.69, 9.17) is 0 Å². The van der Waals surface area contributed by atoms with E-state index in [0.29, 0.717) is 16.5 Å². The first kappa shape index (κ1) is 17.1. The van der Waals surface area contributed by atoms with E-state index in [2.05, 4.69) is 4.98 Å². The van der Waals surface area contributed by atoms with E-state index in [9.17, 15) is 23.1 Å². The zero-order valence-electron chi connectivity index (χ0n) is 13.7. The fourth-order valence-corrected chi connectivity index (χ4v) is 3.19. The summed E-state index contributed by atoms with van der Waals surface area (Å²) in [5.41, 5.74) is 2.10. The van der Waals surface area contributed by atoms with Gasteiger partial charge in [0.2, 0.25) is 0 Å². The minimum absolute atomic E-state index is 0.0405. The van der Waals surface area contributed by atoms with Gasteiger partial charge in [-0.25, -0.2) is 0 Å². The summed E-state index contributed by atoms with van der Waals surface area (Å²) in [5, 5.41) is 9.94. The number of aliphatic carboxylic acids is 1. The van der Waals surface area contributed by atoms with Crippen molar-refractivity contribution in [1.82, 2.24) is 4.98 Å². The van der Waals surface area contributed by atoms with Crippen molar-refractivity contribution in [3.8, 4) is 11.3 Å². The van der Waals surface area contributed by atoms with E-state index in [1.807, 2.05) is 26.0 Å². The molecule has 0 unspecified atom stereocenters. The Kier molecular flexibility index (Phi) is 4.06. The highest BCUT2D eigenvalue weighted by atomic mass is 19.4. The van der Waals surface area contributed by atoms with Gasteiger partial charge in [0.05, 0.1) is 17.7 Å². The second-order valence-electron chi connectivity index (χ2n) is 6.04. The molecule has 3 rings (SSSR count). The van der Waals surface area contributed by atoms with Crippen LogP contribution in [-0.2, 0) is 17.4 Å². The largest absolute Gasteiger partial charge is 0.481 e. The third-order valence-electron chi connectivity index (χ3n) is 4.31. The Balaban J connectivity index is 2.40. The van der Waals surface area contributed by atoms with Crippen LogP contribution < -0.4 is 0 Å². The van der Waals surface area contributed by atoms with Crippen LogP contribution in [0.25, 0.3) is 22.2 Å². The molecule has 130 valence electrons. The molecule has 0 atom stereocenters. The second kappa shape index (κ2) is 5.95. The number of carboxylic acid groups (broad SMARTS) is 1. The van der Waals surface area contributed by atoms with E-state index >= 15 is 0 Å². The molecule has 0 radical (unpaired) electrons. The number of aryl methyl sites for hydroxylation is 2. The van der Waals surface area contributed by atoms with E-state index in [-0.39, 0.29) is 17.7 Å². The minimum atomic E-state index is -4.53. The van der Waals surface area contributed by atoms with Crippen LogP contribution in [0.1, 0.15) is 22.3 Å². The fourth-order valence-electron chi connectivity index (χ4n) is 3.19. The van der Waals surface area contributed by atoms with Crippen molar-refractivity contribution in [1.29, 1.82) is 0 Å². The second-order valence-corrected chi connectivity index (χ2v) is 6.04. The van der Waals surface area contributed by atoms with Crippen LogP contribution in [0.3, 0.4) is 0 Å². The van der Waals surface area contributed by atoms with Gasteiger partial charge in [0.25, 0.3) is 0 Å². The maximum absolute atomic E-state index is 13.4. The summed E-state index contributed by atoms with van der Waals surface area (Å²) < 4.78 is 40.2. The number of aromatic amines is 1. The number of aromatic nitrogens is 1. The van der Waals surface area contributed by atoms with Gasteiger partial charge in [0.15, 0.2) is 0 Å². The highest BCUT2D eigenvalue weighted by molar-refractivity contribution is 5.97.